The van der Waals surface area contributed by atoms with E-state index in [9.17, 15) is 14.7 Å². The Bertz CT molecular complexity index is 650. The summed E-state index contributed by atoms with van der Waals surface area (Å²) in [5.41, 5.74) is 1.21. The van der Waals surface area contributed by atoms with Crippen molar-refractivity contribution in [3.8, 4) is 0 Å². The molecule has 7 heteroatoms. The van der Waals surface area contributed by atoms with E-state index in [2.05, 4.69) is 5.10 Å². The summed E-state index contributed by atoms with van der Waals surface area (Å²) in [6, 6.07) is 0. The lowest BCUT2D eigenvalue weighted by Gasteiger charge is -2.30. The summed E-state index contributed by atoms with van der Waals surface area (Å²) in [5.74, 6) is -1.23. The SMILES string of the molecule is O=C(O)C1CCn2ncc(C(=O)N3CCCOCC34CC4)c2C1. The number of ether oxygens (including phenoxy) is 1. The molecule has 0 radical (unpaired) electrons. The molecule has 1 aromatic heterocycles. The first-order valence-corrected chi connectivity index (χ1v) is 8.28. The summed E-state index contributed by atoms with van der Waals surface area (Å²) < 4.78 is 7.43. The van der Waals surface area contributed by atoms with E-state index < -0.39 is 11.9 Å². The van der Waals surface area contributed by atoms with E-state index in [1.165, 1.54) is 0 Å². The highest BCUT2D eigenvalue weighted by Crippen LogP contribution is 2.44. The van der Waals surface area contributed by atoms with Gasteiger partial charge in [-0.2, -0.15) is 5.10 Å². The summed E-state index contributed by atoms with van der Waals surface area (Å²) in [7, 11) is 0. The lowest BCUT2D eigenvalue weighted by Crippen LogP contribution is -2.44. The van der Waals surface area contributed by atoms with Crippen LogP contribution in [0.3, 0.4) is 0 Å². The summed E-state index contributed by atoms with van der Waals surface area (Å²) in [6.45, 7) is 2.57. The first-order chi connectivity index (χ1) is 11.1. The molecule has 1 amide bonds. The zero-order chi connectivity index (χ0) is 16.0. The van der Waals surface area contributed by atoms with Crippen LogP contribution in [-0.4, -0.2) is 57.0 Å². The Morgan fingerprint density at radius 2 is 2.17 bits per heavy atom. The molecule has 1 saturated heterocycles. The molecule has 1 saturated carbocycles. The third-order valence-electron chi connectivity index (χ3n) is 5.34. The molecule has 1 atom stereocenters. The Balaban J connectivity index is 1.62. The minimum Gasteiger partial charge on any atom is -0.481 e. The second kappa shape index (κ2) is 5.33. The highest BCUT2D eigenvalue weighted by molar-refractivity contribution is 5.96. The highest BCUT2D eigenvalue weighted by Gasteiger charge is 2.51. The first-order valence-electron chi connectivity index (χ1n) is 8.28. The molecular weight excluding hydrogens is 298 g/mol. The molecule has 1 aromatic rings. The van der Waals surface area contributed by atoms with Gasteiger partial charge in [0.25, 0.3) is 5.91 Å². The molecule has 1 aliphatic carbocycles. The van der Waals surface area contributed by atoms with Crippen molar-refractivity contribution in [1.29, 1.82) is 0 Å². The third kappa shape index (κ3) is 2.43. The third-order valence-corrected chi connectivity index (χ3v) is 5.34. The number of rotatable bonds is 2. The van der Waals surface area contributed by atoms with Crippen molar-refractivity contribution in [1.82, 2.24) is 14.7 Å². The van der Waals surface area contributed by atoms with Crippen molar-refractivity contribution in [2.45, 2.75) is 44.2 Å². The van der Waals surface area contributed by atoms with Crippen molar-refractivity contribution in [2.24, 2.45) is 5.92 Å². The van der Waals surface area contributed by atoms with Gasteiger partial charge in [-0.3, -0.25) is 14.3 Å². The fourth-order valence-corrected chi connectivity index (χ4v) is 3.74. The Morgan fingerprint density at radius 3 is 2.91 bits per heavy atom. The van der Waals surface area contributed by atoms with Crippen LogP contribution in [0.5, 0.6) is 0 Å². The van der Waals surface area contributed by atoms with Gasteiger partial charge in [-0.05, 0) is 25.7 Å². The number of amides is 1. The fraction of sp³-hybridized carbons (Fsp3) is 0.688. The number of hydrogen-bond donors (Lipinski definition) is 1. The maximum Gasteiger partial charge on any atom is 0.306 e. The quantitative estimate of drug-likeness (QED) is 0.876. The number of carbonyl (C=O) groups is 2. The van der Waals surface area contributed by atoms with E-state index in [1.54, 1.807) is 10.9 Å². The molecule has 4 rings (SSSR count). The van der Waals surface area contributed by atoms with E-state index in [1.807, 2.05) is 4.90 Å². The minimum absolute atomic E-state index is 0.0136. The van der Waals surface area contributed by atoms with Crippen molar-refractivity contribution >= 4 is 11.9 Å². The summed E-state index contributed by atoms with van der Waals surface area (Å²) in [6.07, 6.45) is 5.38. The second-order valence-corrected chi connectivity index (χ2v) is 6.84. The van der Waals surface area contributed by atoms with Gasteiger partial charge in [-0.15, -0.1) is 0 Å². The standard InChI is InChI=1S/C16H21N3O4/c20-14(18-5-1-7-23-10-16(18)3-4-16)12-9-17-19-6-2-11(15(21)22)8-13(12)19/h9,11H,1-8,10H2,(H,21,22). The van der Waals surface area contributed by atoms with Gasteiger partial charge in [0.1, 0.15) is 0 Å². The van der Waals surface area contributed by atoms with E-state index >= 15 is 0 Å². The lowest BCUT2D eigenvalue weighted by atomic mass is 9.94. The zero-order valence-corrected chi connectivity index (χ0v) is 13.0. The predicted molar refractivity (Wildman–Crippen MR) is 80.1 cm³/mol. The topological polar surface area (TPSA) is 84.7 Å². The zero-order valence-electron chi connectivity index (χ0n) is 13.0. The number of carboxylic acid groups (broad SMARTS) is 1. The van der Waals surface area contributed by atoms with E-state index in [4.69, 9.17) is 4.74 Å². The highest BCUT2D eigenvalue weighted by atomic mass is 16.5. The maximum absolute atomic E-state index is 13.1. The van der Waals surface area contributed by atoms with Crippen LogP contribution in [0.4, 0.5) is 0 Å². The van der Waals surface area contributed by atoms with Gasteiger partial charge < -0.3 is 14.7 Å². The molecule has 0 bridgehead atoms. The average molecular weight is 319 g/mol. The van der Waals surface area contributed by atoms with Crippen LogP contribution < -0.4 is 0 Å². The molecule has 0 aromatic carbocycles. The molecule has 23 heavy (non-hydrogen) atoms. The van der Waals surface area contributed by atoms with Gasteiger partial charge in [-0.1, -0.05) is 0 Å². The molecule has 7 nitrogen and oxygen atoms in total. The molecule has 1 N–H and O–H groups in total. The van der Waals surface area contributed by atoms with E-state index in [0.29, 0.717) is 44.7 Å². The smallest absolute Gasteiger partial charge is 0.306 e. The number of hydrogen-bond acceptors (Lipinski definition) is 4. The summed E-state index contributed by atoms with van der Waals surface area (Å²) >= 11 is 0. The van der Waals surface area contributed by atoms with E-state index in [-0.39, 0.29) is 11.4 Å². The Labute approximate surface area is 134 Å². The monoisotopic (exact) mass is 319 g/mol. The number of carbonyl (C=O) groups excluding carboxylic acids is 1. The number of aryl methyl sites for hydroxylation is 1. The van der Waals surface area contributed by atoms with Crippen LogP contribution in [0.2, 0.25) is 0 Å². The number of fused-ring (bicyclic) bond motifs is 1. The summed E-state index contributed by atoms with van der Waals surface area (Å²) in [4.78, 5) is 26.3. The molecule has 1 spiro atoms. The molecular formula is C16H21N3O4. The number of carboxylic acids is 1. The fourth-order valence-electron chi connectivity index (χ4n) is 3.74. The van der Waals surface area contributed by atoms with Crippen LogP contribution >= 0.6 is 0 Å². The predicted octanol–water partition coefficient (Wildman–Crippen LogP) is 0.925. The first kappa shape index (κ1) is 14.7. The molecule has 2 aliphatic heterocycles. The number of aromatic nitrogens is 2. The Kier molecular flexibility index (Phi) is 3.41. The van der Waals surface area contributed by atoms with Crippen LogP contribution in [0.25, 0.3) is 0 Å². The van der Waals surface area contributed by atoms with E-state index in [0.717, 1.165) is 25.0 Å². The van der Waals surface area contributed by atoms with Crippen molar-refractivity contribution < 1.29 is 19.4 Å². The maximum atomic E-state index is 13.1. The largest absolute Gasteiger partial charge is 0.481 e. The molecule has 1 unspecified atom stereocenters. The minimum atomic E-state index is -0.794. The molecule has 2 fully saturated rings. The number of nitrogens with zero attached hydrogens (tertiary/aromatic N) is 3. The Morgan fingerprint density at radius 1 is 1.35 bits per heavy atom. The van der Waals surface area contributed by atoms with Gasteiger partial charge in [0.15, 0.2) is 0 Å². The molecule has 3 heterocycles. The van der Waals surface area contributed by atoms with Crippen molar-refractivity contribution in [2.75, 3.05) is 19.8 Å². The van der Waals surface area contributed by atoms with Crippen LogP contribution in [0, 0.1) is 5.92 Å². The van der Waals surface area contributed by atoms with Crippen LogP contribution in [0.15, 0.2) is 6.20 Å². The normalized spacial score (nSPS) is 25.7. The molecule has 3 aliphatic rings. The second-order valence-electron chi connectivity index (χ2n) is 6.84. The average Bonchev–Trinajstić information content (AvgIpc) is 3.25. The van der Waals surface area contributed by atoms with Gasteiger partial charge >= 0.3 is 5.97 Å². The van der Waals surface area contributed by atoms with Crippen LogP contribution in [0.1, 0.15) is 41.7 Å². The van der Waals surface area contributed by atoms with Crippen molar-refractivity contribution in [3.05, 3.63) is 17.5 Å². The molecule has 124 valence electrons. The number of aliphatic carboxylic acids is 1. The lowest BCUT2D eigenvalue weighted by molar-refractivity contribution is -0.142. The Hall–Kier alpha value is -1.89. The van der Waals surface area contributed by atoms with Crippen molar-refractivity contribution in [3.63, 3.8) is 0 Å². The summed E-state index contributed by atoms with van der Waals surface area (Å²) in [5, 5.41) is 13.6. The van der Waals surface area contributed by atoms with Crippen LogP contribution in [-0.2, 0) is 22.5 Å². The van der Waals surface area contributed by atoms with Gasteiger partial charge in [0.05, 0.1) is 35.5 Å². The van der Waals surface area contributed by atoms with Gasteiger partial charge in [0, 0.05) is 26.1 Å². The van der Waals surface area contributed by atoms with Gasteiger partial charge in [0.2, 0.25) is 0 Å². The van der Waals surface area contributed by atoms with Gasteiger partial charge in [-0.25, -0.2) is 0 Å².